The number of Topliss-reactive ketones (excluding diaryl/α,β-unsaturated/α-hetero) is 1. The van der Waals surface area contributed by atoms with E-state index in [0.29, 0.717) is 34.7 Å². The van der Waals surface area contributed by atoms with Crippen molar-refractivity contribution in [1.29, 1.82) is 0 Å². The Kier molecular flexibility index (Phi) is 4.54. The quantitative estimate of drug-likeness (QED) is 0.640. The van der Waals surface area contributed by atoms with Gasteiger partial charge in [0, 0.05) is 29.8 Å². The lowest BCUT2D eigenvalue weighted by molar-refractivity contribution is 0.0982. The van der Waals surface area contributed by atoms with Gasteiger partial charge in [-0.2, -0.15) is 0 Å². The van der Waals surface area contributed by atoms with Crippen molar-refractivity contribution in [2.75, 3.05) is 19.2 Å². The zero-order valence-corrected chi connectivity index (χ0v) is 15.2. The third kappa shape index (κ3) is 3.14. The number of pyridine rings is 1. The number of aromatic nitrogens is 1. The number of fused-ring (bicyclic) bond motifs is 2. The van der Waals surface area contributed by atoms with Gasteiger partial charge in [0.1, 0.15) is 11.3 Å². The van der Waals surface area contributed by atoms with Gasteiger partial charge in [0.05, 0.1) is 18.4 Å². The van der Waals surface area contributed by atoms with Gasteiger partial charge < -0.3 is 19.5 Å². The van der Waals surface area contributed by atoms with Crippen molar-refractivity contribution in [2.24, 2.45) is 0 Å². The molecule has 1 aromatic heterocycles. The van der Waals surface area contributed by atoms with Crippen LogP contribution < -0.4 is 19.5 Å². The largest absolute Gasteiger partial charge is 0.494 e. The first kappa shape index (κ1) is 17.1. The van der Waals surface area contributed by atoms with E-state index in [1.54, 1.807) is 13.3 Å². The molecule has 2 aromatic carbocycles. The molecular weight excluding hydrogens is 344 g/mol. The normalized spacial score (nSPS) is 12.2. The van der Waals surface area contributed by atoms with Crippen molar-refractivity contribution in [2.45, 2.75) is 19.8 Å². The van der Waals surface area contributed by atoms with E-state index in [1.807, 2.05) is 43.3 Å². The lowest BCUT2D eigenvalue weighted by atomic mass is 10.0. The molecule has 1 N–H and O–H groups in total. The van der Waals surface area contributed by atoms with Crippen molar-refractivity contribution in [3.8, 4) is 17.2 Å². The molecule has 0 radical (unpaired) electrons. The first-order valence-electron chi connectivity index (χ1n) is 8.87. The van der Waals surface area contributed by atoms with Crippen LogP contribution in [-0.2, 0) is 0 Å². The molecule has 6 heteroatoms. The van der Waals surface area contributed by atoms with Crippen molar-refractivity contribution >= 4 is 28.1 Å². The molecule has 0 saturated heterocycles. The van der Waals surface area contributed by atoms with Crippen LogP contribution in [0, 0.1) is 0 Å². The number of carbonyl (C=O) groups excluding carboxylic acids is 1. The molecule has 6 nitrogen and oxygen atoms in total. The third-order valence-corrected chi connectivity index (χ3v) is 4.50. The summed E-state index contributed by atoms with van der Waals surface area (Å²) in [6, 6.07) is 11.3. The zero-order valence-electron chi connectivity index (χ0n) is 15.2. The number of ether oxygens (including phenoxy) is 3. The average molecular weight is 364 g/mol. The van der Waals surface area contributed by atoms with Crippen LogP contribution in [0.2, 0.25) is 0 Å². The zero-order chi connectivity index (χ0) is 18.8. The van der Waals surface area contributed by atoms with E-state index < -0.39 is 0 Å². The first-order chi connectivity index (χ1) is 13.2. The number of hydrogen-bond acceptors (Lipinski definition) is 6. The van der Waals surface area contributed by atoms with Gasteiger partial charge in [-0.1, -0.05) is 19.1 Å². The summed E-state index contributed by atoms with van der Waals surface area (Å²) in [4.78, 5) is 17.2. The van der Waals surface area contributed by atoms with Crippen molar-refractivity contribution < 1.29 is 19.0 Å². The van der Waals surface area contributed by atoms with Crippen LogP contribution in [-0.4, -0.2) is 24.7 Å². The molecule has 3 aromatic rings. The number of ketones is 1. The summed E-state index contributed by atoms with van der Waals surface area (Å²) in [6.07, 6.45) is 2.86. The fourth-order valence-electron chi connectivity index (χ4n) is 3.19. The predicted molar refractivity (Wildman–Crippen MR) is 103 cm³/mol. The molecule has 4 rings (SSSR count). The molecule has 0 aliphatic carbocycles. The van der Waals surface area contributed by atoms with Crippen LogP contribution in [0.5, 0.6) is 17.2 Å². The van der Waals surface area contributed by atoms with Gasteiger partial charge in [0.2, 0.25) is 6.79 Å². The highest BCUT2D eigenvalue weighted by Crippen LogP contribution is 2.38. The van der Waals surface area contributed by atoms with Crippen molar-refractivity contribution in [3.05, 3.63) is 48.2 Å². The van der Waals surface area contributed by atoms with Gasteiger partial charge in [0.15, 0.2) is 17.3 Å². The number of hydrogen-bond donors (Lipinski definition) is 1. The lowest BCUT2D eigenvalue weighted by Crippen LogP contribution is -2.06. The average Bonchev–Trinajstić information content (AvgIpc) is 3.15. The molecule has 0 spiro atoms. The van der Waals surface area contributed by atoms with Crippen LogP contribution in [0.25, 0.3) is 10.9 Å². The highest BCUT2D eigenvalue weighted by Gasteiger charge is 2.19. The number of methoxy groups -OCH3 is 1. The molecule has 0 bridgehead atoms. The molecule has 0 atom stereocenters. The van der Waals surface area contributed by atoms with Crippen LogP contribution in [0.4, 0.5) is 11.4 Å². The minimum atomic E-state index is 0.0537. The smallest absolute Gasteiger partial charge is 0.231 e. The number of nitrogens with one attached hydrogen (secondary N) is 1. The maximum atomic E-state index is 12.7. The standard InChI is InChI=1S/C21H20N2O4/c1-3-5-16(24)15-11-22-21-14(6-4-7-18(21)25-2)20(15)23-13-8-9-17-19(10-13)27-12-26-17/h4,6-11H,3,5,12H2,1-2H3,(H,22,23). The summed E-state index contributed by atoms with van der Waals surface area (Å²) in [5.41, 5.74) is 2.79. The Morgan fingerprint density at radius 1 is 1.22 bits per heavy atom. The molecule has 1 aliphatic heterocycles. The lowest BCUT2D eigenvalue weighted by Gasteiger charge is -2.15. The Morgan fingerprint density at radius 3 is 2.89 bits per heavy atom. The van der Waals surface area contributed by atoms with Crippen molar-refractivity contribution in [1.82, 2.24) is 4.98 Å². The molecule has 0 amide bonds. The Hall–Kier alpha value is -3.28. The van der Waals surface area contributed by atoms with E-state index in [-0.39, 0.29) is 12.6 Å². The summed E-state index contributed by atoms with van der Waals surface area (Å²) >= 11 is 0. The molecule has 0 saturated carbocycles. The Bertz CT molecular complexity index is 1020. The maximum Gasteiger partial charge on any atom is 0.231 e. The highest BCUT2D eigenvalue weighted by atomic mass is 16.7. The maximum absolute atomic E-state index is 12.7. The molecule has 2 heterocycles. The molecule has 0 unspecified atom stereocenters. The summed E-state index contributed by atoms with van der Waals surface area (Å²) in [6.45, 7) is 2.20. The summed E-state index contributed by atoms with van der Waals surface area (Å²) < 4.78 is 16.3. The van der Waals surface area contributed by atoms with Gasteiger partial charge in [-0.25, -0.2) is 0 Å². The molecule has 27 heavy (non-hydrogen) atoms. The Labute approximate surface area is 157 Å². The first-order valence-corrected chi connectivity index (χ1v) is 8.87. The van der Waals surface area contributed by atoms with Gasteiger partial charge in [-0.05, 0) is 24.6 Å². The fourth-order valence-corrected chi connectivity index (χ4v) is 3.19. The van der Waals surface area contributed by atoms with Crippen LogP contribution in [0.3, 0.4) is 0 Å². The van der Waals surface area contributed by atoms with Crippen LogP contribution in [0.1, 0.15) is 30.1 Å². The third-order valence-electron chi connectivity index (χ3n) is 4.50. The second-order valence-electron chi connectivity index (χ2n) is 6.27. The summed E-state index contributed by atoms with van der Waals surface area (Å²) in [5, 5.41) is 4.21. The van der Waals surface area contributed by atoms with Gasteiger partial charge in [-0.3, -0.25) is 9.78 Å². The Balaban J connectivity index is 1.85. The minimum Gasteiger partial charge on any atom is -0.494 e. The Morgan fingerprint density at radius 2 is 2.07 bits per heavy atom. The van der Waals surface area contributed by atoms with E-state index in [2.05, 4.69) is 10.3 Å². The van der Waals surface area contributed by atoms with Gasteiger partial charge in [-0.15, -0.1) is 0 Å². The SMILES string of the molecule is CCCC(=O)c1cnc2c(OC)cccc2c1Nc1ccc2c(c1)OCO2. The molecular formula is C21H20N2O4. The number of carbonyl (C=O) groups is 1. The topological polar surface area (TPSA) is 69.7 Å². The van der Waals surface area contributed by atoms with E-state index >= 15 is 0 Å². The highest BCUT2D eigenvalue weighted by molar-refractivity contribution is 6.09. The fraction of sp³-hybridized carbons (Fsp3) is 0.238. The number of nitrogens with zero attached hydrogens (tertiary/aromatic N) is 1. The number of para-hydroxylation sites is 1. The van der Waals surface area contributed by atoms with Crippen LogP contribution in [0.15, 0.2) is 42.6 Å². The minimum absolute atomic E-state index is 0.0537. The van der Waals surface area contributed by atoms with E-state index in [9.17, 15) is 4.79 Å². The second kappa shape index (κ2) is 7.15. The summed E-state index contributed by atoms with van der Waals surface area (Å²) in [7, 11) is 1.61. The molecule has 1 aliphatic rings. The van der Waals surface area contributed by atoms with E-state index in [4.69, 9.17) is 14.2 Å². The van der Waals surface area contributed by atoms with E-state index in [0.717, 1.165) is 23.2 Å². The van der Waals surface area contributed by atoms with Gasteiger partial charge in [0.25, 0.3) is 0 Å². The number of benzene rings is 2. The molecule has 0 fully saturated rings. The van der Waals surface area contributed by atoms with E-state index in [1.165, 1.54) is 0 Å². The monoisotopic (exact) mass is 364 g/mol. The number of anilines is 2. The predicted octanol–water partition coefficient (Wildman–Crippen LogP) is 4.70. The molecule has 138 valence electrons. The van der Waals surface area contributed by atoms with Gasteiger partial charge >= 0.3 is 0 Å². The van der Waals surface area contributed by atoms with Crippen LogP contribution >= 0.6 is 0 Å². The number of rotatable bonds is 6. The summed E-state index contributed by atoms with van der Waals surface area (Å²) in [5.74, 6) is 2.11. The van der Waals surface area contributed by atoms with Crippen molar-refractivity contribution in [3.63, 3.8) is 0 Å². The second-order valence-corrected chi connectivity index (χ2v) is 6.27.